The topological polar surface area (TPSA) is 106 Å². The highest BCUT2D eigenvalue weighted by Crippen LogP contribution is 2.32. The van der Waals surface area contributed by atoms with Gasteiger partial charge < -0.3 is 30.3 Å². The van der Waals surface area contributed by atoms with E-state index in [1.807, 2.05) is 12.1 Å². The predicted octanol–water partition coefficient (Wildman–Crippen LogP) is 3.23. The molecule has 1 aromatic heterocycles. The SMILES string of the molecule is CN1CCN(Cc2ccc(Nc3cc(Cl)c(O)c(C(=O)NCc4ncc(F)c(N5CCOCC5)n4)c3)cc2)CC1. The molecule has 3 aromatic rings. The zero-order chi connectivity index (χ0) is 28.1. The number of likely N-dealkylation sites (N-methyl/N-ethyl adjacent to an activating group) is 1. The second kappa shape index (κ2) is 12.8. The fraction of sp³-hybridized carbons (Fsp3) is 0.393. The van der Waals surface area contributed by atoms with Crippen LogP contribution in [0.25, 0.3) is 0 Å². The Balaban J connectivity index is 1.22. The number of nitrogens with zero attached hydrogens (tertiary/aromatic N) is 5. The molecule has 212 valence electrons. The molecule has 0 spiro atoms. The molecule has 5 rings (SSSR count). The second-order valence-corrected chi connectivity index (χ2v) is 10.4. The average Bonchev–Trinajstić information content (AvgIpc) is 2.97. The maximum atomic E-state index is 14.3. The molecule has 2 aliphatic heterocycles. The van der Waals surface area contributed by atoms with Crippen molar-refractivity contribution in [3.8, 4) is 5.75 Å². The number of halogens is 2. The van der Waals surface area contributed by atoms with Gasteiger partial charge in [0.25, 0.3) is 5.91 Å². The number of phenolic OH excluding ortho intramolecular Hbond substituents is 1. The quantitative estimate of drug-likeness (QED) is 0.353. The number of phenols is 1. The molecule has 10 nitrogen and oxygen atoms in total. The molecule has 3 heterocycles. The molecule has 3 N–H and O–H groups in total. The van der Waals surface area contributed by atoms with E-state index in [1.165, 1.54) is 11.6 Å². The van der Waals surface area contributed by atoms with Crippen LogP contribution in [-0.4, -0.2) is 90.3 Å². The molecular weight excluding hydrogens is 537 g/mol. The number of nitrogens with one attached hydrogen (secondary N) is 2. The van der Waals surface area contributed by atoms with Crippen LogP contribution >= 0.6 is 11.6 Å². The number of piperazine rings is 1. The van der Waals surface area contributed by atoms with Gasteiger partial charge in [-0.05, 0) is 36.9 Å². The van der Waals surface area contributed by atoms with Gasteiger partial charge in [-0.15, -0.1) is 0 Å². The van der Waals surface area contributed by atoms with Gasteiger partial charge in [0.15, 0.2) is 11.6 Å². The van der Waals surface area contributed by atoms with Gasteiger partial charge in [0.1, 0.15) is 11.6 Å². The Kier molecular flexibility index (Phi) is 8.95. The van der Waals surface area contributed by atoms with Crippen LogP contribution in [0.3, 0.4) is 0 Å². The fourth-order valence-electron chi connectivity index (χ4n) is 4.70. The number of aromatic hydroxyl groups is 1. The number of aromatic nitrogens is 2. The summed E-state index contributed by atoms with van der Waals surface area (Å²) in [5, 5.41) is 16.5. The highest BCUT2D eigenvalue weighted by Gasteiger charge is 2.20. The van der Waals surface area contributed by atoms with Gasteiger partial charge in [-0.3, -0.25) is 9.69 Å². The van der Waals surface area contributed by atoms with Crippen molar-refractivity contribution in [3.63, 3.8) is 0 Å². The summed E-state index contributed by atoms with van der Waals surface area (Å²) in [5.74, 6) is -1.01. The number of ether oxygens (including phenoxy) is 1. The third kappa shape index (κ3) is 6.97. The van der Waals surface area contributed by atoms with Crippen molar-refractivity contribution >= 4 is 34.7 Å². The number of rotatable bonds is 8. The molecule has 0 atom stereocenters. The number of anilines is 3. The minimum atomic E-state index is -0.563. The number of carbonyl (C=O) groups excluding carboxylic acids is 1. The van der Waals surface area contributed by atoms with Gasteiger partial charge in [0.05, 0.1) is 36.5 Å². The smallest absolute Gasteiger partial charge is 0.255 e. The van der Waals surface area contributed by atoms with Crippen molar-refractivity contribution in [2.24, 2.45) is 0 Å². The van der Waals surface area contributed by atoms with E-state index in [0.717, 1.165) is 44.6 Å². The Morgan fingerprint density at radius 2 is 1.80 bits per heavy atom. The molecule has 0 radical (unpaired) electrons. The summed E-state index contributed by atoms with van der Waals surface area (Å²) in [6, 6.07) is 11.2. The lowest BCUT2D eigenvalue weighted by Crippen LogP contribution is -2.43. The lowest BCUT2D eigenvalue weighted by atomic mass is 10.1. The first-order valence-electron chi connectivity index (χ1n) is 13.3. The van der Waals surface area contributed by atoms with E-state index >= 15 is 0 Å². The van der Waals surface area contributed by atoms with Crippen LogP contribution < -0.4 is 15.5 Å². The number of carbonyl (C=O) groups is 1. The van der Waals surface area contributed by atoms with E-state index in [9.17, 15) is 14.3 Å². The van der Waals surface area contributed by atoms with Crippen LogP contribution in [0.5, 0.6) is 5.75 Å². The standard InChI is InChI=1S/C28H33ClFN7O3/c1-35-6-8-36(9-7-35)18-19-2-4-20(5-3-19)33-21-14-22(26(38)23(29)15-21)28(39)32-17-25-31-16-24(30)27(34-25)37-10-12-40-13-11-37/h2-5,14-16,33,38H,6-13,17-18H2,1H3,(H,32,39). The fourth-order valence-corrected chi connectivity index (χ4v) is 4.92. The third-order valence-electron chi connectivity index (χ3n) is 7.05. The van der Waals surface area contributed by atoms with Crippen LogP contribution in [0.2, 0.25) is 5.02 Å². The maximum Gasteiger partial charge on any atom is 0.255 e. The Bertz CT molecular complexity index is 1330. The predicted molar refractivity (Wildman–Crippen MR) is 152 cm³/mol. The molecule has 0 bridgehead atoms. The summed E-state index contributed by atoms with van der Waals surface area (Å²) in [6.07, 6.45) is 1.09. The van der Waals surface area contributed by atoms with Crippen LogP contribution in [0, 0.1) is 5.82 Å². The average molecular weight is 570 g/mol. The minimum absolute atomic E-state index is 0.00259. The maximum absolute atomic E-state index is 14.3. The van der Waals surface area contributed by atoms with Gasteiger partial charge >= 0.3 is 0 Å². The van der Waals surface area contributed by atoms with Crippen molar-refractivity contribution in [1.29, 1.82) is 0 Å². The van der Waals surface area contributed by atoms with E-state index in [2.05, 4.69) is 49.6 Å². The highest BCUT2D eigenvalue weighted by molar-refractivity contribution is 6.33. The van der Waals surface area contributed by atoms with E-state index < -0.39 is 11.7 Å². The normalized spacial score (nSPS) is 16.6. The van der Waals surface area contributed by atoms with E-state index in [-0.39, 0.29) is 34.5 Å². The summed E-state index contributed by atoms with van der Waals surface area (Å²) in [4.78, 5) is 27.8. The summed E-state index contributed by atoms with van der Waals surface area (Å²) in [5.41, 5.74) is 2.59. The number of amides is 1. The van der Waals surface area contributed by atoms with Gasteiger partial charge in [-0.25, -0.2) is 14.4 Å². The first-order valence-corrected chi connectivity index (χ1v) is 13.6. The van der Waals surface area contributed by atoms with Crippen LogP contribution in [-0.2, 0) is 17.8 Å². The van der Waals surface area contributed by atoms with Crippen LogP contribution in [0.15, 0.2) is 42.6 Å². The molecule has 2 saturated heterocycles. The first-order chi connectivity index (χ1) is 19.4. The lowest BCUT2D eigenvalue weighted by Gasteiger charge is -2.32. The zero-order valence-electron chi connectivity index (χ0n) is 22.4. The van der Waals surface area contributed by atoms with Crippen LogP contribution in [0.4, 0.5) is 21.6 Å². The molecule has 0 aliphatic carbocycles. The highest BCUT2D eigenvalue weighted by atomic mass is 35.5. The summed E-state index contributed by atoms with van der Waals surface area (Å²) >= 11 is 6.25. The van der Waals surface area contributed by atoms with E-state index in [1.54, 1.807) is 11.0 Å². The van der Waals surface area contributed by atoms with Crippen molar-refractivity contribution in [3.05, 3.63) is 70.4 Å². The van der Waals surface area contributed by atoms with Gasteiger partial charge in [0, 0.05) is 57.2 Å². The molecule has 2 aromatic carbocycles. The largest absolute Gasteiger partial charge is 0.506 e. The van der Waals surface area contributed by atoms with E-state index in [4.69, 9.17) is 16.3 Å². The molecule has 1 amide bonds. The summed E-state index contributed by atoms with van der Waals surface area (Å²) in [7, 11) is 2.14. The van der Waals surface area contributed by atoms with Crippen molar-refractivity contribution in [2.75, 3.05) is 69.7 Å². The molecular formula is C28H33ClFN7O3. The third-order valence-corrected chi connectivity index (χ3v) is 7.33. The van der Waals surface area contributed by atoms with Crippen molar-refractivity contribution in [2.45, 2.75) is 13.1 Å². The molecule has 2 fully saturated rings. The van der Waals surface area contributed by atoms with Gasteiger partial charge in [-0.1, -0.05) is 23.7 Å². The van der Waals surface area contributed by atoms with Crippen LogP contribution in [0.1, 0.15) is 21.7 Å². The lowest BCUT2D eigenvalue weighted by molar-refractivity contribution is 0.0947. The summed E-state index contributed by atoms with van der Waals surface area (Å²) in [6.45, 7) is 7.10. The molecule has 0 unspecified atom stereocenters. The Morgan fingerprint density at radius 3 is 2.52 bits per heavy atom. The molecule has 40 heavy (non-hydrogen) atoms. The zero-order valence-corrected chi connectivity index (χ0v) is 23.1. The first kappa shape index (κ1) is 28.0. The number of morpholine rings is 1. The van der Waals surface area contributed by atoms with Crippen molar-refractivity contribution < 1.29 is 19.0 Å². The van der Waals surface area contributed by atoms with Crippen molar-refractivity contribution in [1.82, 2.24) is 25.1 Å². The summed E-state index contributed by atoms with van der Waals surface area (Å²) < 4.78 is 19.6. The monoisotopic (exact) mass is 569 g/mol. The minimum Gasteiger partial charge on any atom is -0.506 e. The van der Waals surface area contributed by atoms with E-state index in [0.29, 0.717) is 32.0 Å². The van der Waals surface area contributed by atoms with Gasteiger partial charge in [-0.2, -0.15) is 0 Å². The number of hydrogen-bond donors (Lipinski definition) is 3. The molecule has 12 heteroatoms. The Morgan fingerprint density at radius 1 is 1.07 bits per heavy atom. The molecule has 0 saturated carbocycles. The Hall–Kier alpha value is -3.51. The number of benzene rings is 2. The Labute approximate surface area is 237 Å². The number of hydrogen-bond acceptors (Lipinski definition) is 9. The second-order valence-electron chi connectivity index (χ2n) is 10.00. The molecule has 2 aliphatic rings. The van der Waals surface area contributed by atoms with Gasteiger partial charge in [0.2, 0.25) is 0 Å².